The Morgan fingerprint density at radius 2 is 2.05 bits per heavy atom. The Hall–Kier alpha value is -2.00. The van der Waals surface area contributed by atoms with Crippen molar-refractivity contribution in [3.63, 3.8) is 0 Å². The molecule has 7 nitrogen and oxygen atoms in total. The first-order valence-electron chi connectivity index (χ1n) is 6.43. The van der Waals surface area contributed by atoms with Gasteiger partial charge in [-0.15, -0.1) is 11.8 Å². The number of sulfonamides is 1. The van der Waals surface area contributed by atoms with Crippen LogP contribution >= 0.6 is 11.8 Å². The first kappa shape index (κ1) is 14.9. The Morgan fingerprint density at radius 1 is 1.27 bits per heavy atom. The highest BCUT2D eigenvalue weighted by Gasteiger charge is 2.20. The van der Waals surface area contributed by atoms with Crippen molar-refractivity contribution in [3.05, 3.63) is 30.6 Å². The lowest BCUT2D eigenvalue weighted by atomic mass is 10.2. The summed E-state index contributed by atoms with van der Waals surface area (Å²) < 4.78 is 30.5. The highest BCUT2D eigenvalue weighted by Crippen LogP contribution is 2.31. The zero-order valence-corrected chi connectivity index (χ0v) is 13.9. The van der Waals surface area contributed by atoms with Crippen molar-refractivity contribution in [3.8, 4) is 0 Å². The summed E-state index contributed by atoms with van der Waals surface area (Å²) in [7, 11) is -0.244. The van der Waals surface area contributed by atoms with Gasteiger partial charge in [-0.05, 0) is 18.4 Å². The van der Waals surface area contributed by atoms with E-state index in [1.807, 2.05) is 24.5 Å². The van der Waals surface area contributed by atoms with Gasteiger partial charge < -0.3 is 0 Å². The van der Waals surface area contributed by atoms with Crippen LogP contribution in [-0.4, -0.2) is 34.2 Å². The van der Waals surface area contributed by atoms with E-state index in [0.29, 0.717) is 5.82 Å². The Bertz CT molecular complexity index is 943. The largest absolute Gasteiger partial charge is 0.274 e. The van der Waals surface area contributed by atoms with Gasteiger partial charge in [-0.3, -0.25) is 14.1 Å². The third-order valence-electron chi connectivity index (χ3n) is 3.27. The van der Waals surface area contributed by atoms with Crippen LogP contribution in [0.4, 0.5) is 5.82 Å². The lowest BCUT2D eigenvalue weighted by Crippen LogP contribution is -2.13. The van der Waals surface area contributed by atoms with E-state index in [9.17, 15) is 8.42 Å². The Labute approximate surface area is 132 Å². The molecule has 1 aromatic carbocycles. The zero-order chi connectivity index (χ0) is 15.9. The SMILES string of the molecule is CSc1cccc2c(NS(=O)(=O)c3cnn(C)c3)nn(C)c12. The van der Waals surface area contributed by atoms with E-state index in [2.05, 4.69) is 14.9 Å². The molecule has 1 N–H and O–H groups in total. The Balaban J connectivity index is 2.08. The van der Waals surface area contributed by atoms with Gasteiger partial charge in [-0.25, -0.2) is 8.42 Å². The lowest BCUT2D eigenvalue weighted by Gasteiger charge is -2.03. The smallest absolute Gasteiger partial charge is 0.266 e. The minimum atomic E-state index is -3.71. The number of thioether (sulfide) groups is 1. The molecule has 116 valence electrons. The average Bonchev–Trinajstić information content (AvgIpc) is 3.04. The van der Waals surface area contributed by atoms with Crippen LogP contribution in [0, 0.1) is 0 Å². The average molecular weight is 337 g/mol. The topological polar surface area (TPSA) is 81.8 Å². The number of para-hydroxylation sites is 1. The molecule has 0 bridgehead atoms. The number of fused-ring (bicyclic) bond motifs is 1. The molecule has 22 heavy (non-hydrogen) atoms. The van der Waals surface area contributed by atoms with Crippen LogP contribution in [0.5, 0.6) is 0 Å². The fourth-order valence-corrected chi connectivity index (χ4v) is 3.92. The molecule has 9 heteroatoms. The Kier molecular flexibility index (Phi) is 3.61. The minimum Gasteiger partial charge on any atom is -0.274 e. The quantitative estimate of drug-likeness (QED) is 0.735. The predicted molar refractivity (Wildman–Crippen MR) is 86.5 cm³/mol. The molecule has 0 saturated carbocycles. The first-order chi connectivity index (χ1) is 10.4. The molecular weight excluding hydrogens is 322 g/mol. The number of aryl methyl sites for hydroxylation is 2. The lowest BCUT2D eigenvalue weighted by molar-refractivity contribution is 0.600. The van der Waals surface area contributed by atoms with Gasteiger partial charge in [0.25, 0.3) is 10.0 Å². The molecule has 2 heterocycles. The maximum Gasteiger partial charge on any atom is 0.266 e. The van der Waals surface area contributed by atoms with Crippen LogP contribution in [-0.2, 0) is 24.1 Å². The molecule has 0 aliphatic heterocycles. The highest BCUT2D eigenvalue weighted by molar-refractivity contribution is 7.98. The van der Waals surface area contributed by atoms with E-state index < -0.39 is 10.0 Å². The molecule has 2 aromatic heterocycles. The molecule has 0 spiro atoms. The molecule has 0 saturated heterocycles. The third kappa shape index (κ3) is 2.46. The monoisotopic (exact) mass is 337 g/mol. The van der Waals surface area contributed by atoms with Crippen molar-refractivity contribution in [2.45, 2.75) is 9.79 Å². The maximum atomic E-state index is 12.4. The first-order valence-corrected chi connectivity index (χ1v) is 9.14. The van der Waals surface area contributed by atoms with E-state index in [-0.39, 0.29) is 4.90 Å². The van der Waals surface area contributed by atoms with E-state index in [1.54, 1.807) is 30.5 Å². The summed E-state index contributed by atoms with van der Waals surface area (Å²) in [4.78, 5) is 1.15. The summed E-state index contributed by atoms with van der Waals surface area (Å²) in [5, 5.41) is 8.96. The molecule has 0 radical (unpaired) electrons. The van der Waals surface area contributed by atoms with Crippen molar-refractivity contribution in [2.24, 2.45) is 14.1 Å². The van der Waals surface area contributed by atoms with E-state index >= 15 is 0 Å². The molecular formula is C13H15N5O2S2. The summed E-state index contributed by atoms with van der Waals surface area (Å²) in [5.41, 5.74) is 0.902. The van der Waals surface area contributed by atoms with Gasteiger partial charge in [0.1, 0.15) is 4.90 Å². The van der Waals surface area contributed by atoms with Crippen molar-refractivity contribution in [1.29, 1.82) is 0 Å². The predicted octanol–water partition coefficient (Wildman–Crippen LogP) is 1.83. The van der Waals surface area contributed by atoms with Crippen LogP contribution in [0.15, 0.2) is 40.4 Å². The fraction of sp³-hybridized carbons (Fsp3) is 0.231. The number of hydrogen-bond acceptors (Lipinski definition) is 5. The third-order valence-corrected chi connectivity index (χ3v) is 5.33. The van der Waals surface area contributed by atoms with E-state index in [4.69, 9.17) is 0 Å². The maximum absolute atomic E-state index is 12.4. The number of nitrogens with one attached hydrogen (secondary N) is 1. The molecule has 0 aliphatic rings. The fourth-order valence-electron chi connectivity index (χ4n) is 2.26. The van der Waals surface area contributed by atoms with Gasteiger partial charge in [0.2, 0.25) is 0 Å². The van der Waals surface area contributed by atoms with Crippen LogP contribution in [0.25, 0.3) is 10.9 Å². The van der Waals surface area contributed by atoms with Crippen LogP contribution < -0.4 is 4.72 Å². The van der Waals surface area contributed by atoms with Gasteiger partial charge in [0.15, 0.2) is 5.82 Å². The molecule has 0 fully saturated rings. The zero-order valence-electron chi connectivity index (χ0n) is 12.3. The van der Waals surface area contributed by atoms with Gasteiger partial charge in [-0.2, -0.15) is 10.2 Å². The van der Waals surface area contributed by atoms with Crippen LogP contribution in [0.1, 0.15) is 0 Å². The standard InChI is InChI=1S/C13H15N5O2S2/c1-17-8-9(7-14-17)22(19,20)16-13-10-5-4-6-11(21-3)12(10)18(2)15-13/h4-8H,1-3H3,(H,15,16). The van der Waals surface area contributed by atoms with Crippen molar-refractivity contribution in [2.75, 3.05) is 11.0 Å². The number of hydrogen-bond donors (Lipinski definition) is 1. The number of anilines is 1. The van der Waals surface area contributed by atoms with Gasteiger partial charge >= 0.3 is 0 Å². The van der Waals surface area contributed by atoms with Gasteiger partial charge in [0.05, 0.1) is 11.7 Å². The second kappa shape index (κ2) is 5.33. The van der Waals surface area contributed by atoms with Crippen molar-refractivity contribution in [1.82, 2.24) is 19.6 Å². The van der Waals surface area contributed by atoms with Crippen molar-refractivity contribution >= 4 is 38.5 Å². The van der Waals surface area contributed by atoms with E-state index in [1.165, 1.54) is 17.1 Å². The summed E-state index contributed by atoms with van der Waals surface area (Å²) in [6, 6.07) is 5.72. The number of benzene rings is 1. The summed E-state index contributed by atoms with van der Waals surface area (Å²) in [6.45, 7) is 0. The number of aromatic nitrogens is 4. The van der Waals surface area contributed by atoms with Gasteiger partial charge in [0, 0.05) is 30.6 Å². The molecule has 0 atom stereocenters. The van der Waals surface area contributed by atoms with Crippen LogP contribution in [0.2, 0.25) is 0 Å². The number of nitrogens with zero attached hydrogens (tertiary/aromatic N) is 4. The summed E-state index contributed by atoms with van der Waals surface area (Å²) in [5.74, 6) is 0.317. The minimum absolute atomic E-state index is 0.106. The normalized spacial score (nSPS) is 12.0. The summed E-state index contributed by atoms with van der Waals surface area (Å²) >= 11 is 1.59. The van der Waals surface area contributed by atoms with Gasteiger partial charge in [-0.1, -0.05) is 6.07 Å². The second-order valence-corrected chi connectivity index (χ2v) is 7.31. The van der Waals surface area contributed by atoms with Crippen LogP contribution in [0.3, 0.4) is 0 Å². The molecule has 0 aliphatic carbocycles. The summed E-state index contributed by atoms with van der Waals surface area (Å²) in [6.07, 6.45) is 4.73. The second-order valence-electron chi connectivity index (χ2n) is 4.78. The molecule has 3 aromatic rings. The highest BCUT2D eigenvalue weighted by atomic mass is 32.2. The molecule has 0 unspecified atom stereocenters. The Morgan fingerprint density at radius 3 is 2.68 bits per heavy atom. The van der Waals surface area contributed by atoms with Crippen molar-refractivity contribution < 1.29 is 8.42 Å². The van der Waals surface area contributed by atoms with E-state index in [0.717, 1.165) is 15.8 Å². The number of rotatable bonds is 4. The molecule has 3 rings (SSSR count). The molecule has 0 amide bonds.